The molecule has 0 atom stereocenters. The molecule has 0 radical (unpaired) electrons. The van der Waals surface area contributed by atoms with Gasteiger partial charge in [0.2, 0.25) is 0 Å². The van der Waals surface area contributed by atoms with Crippen molar-refractivity contribution in [3.05, 3.63) is 0 Å². The molecule has 0 saturated heterocycles. The first kappa shape index (κ1) is 17.0. The van der Waals surface area contributed by atoms with E-state index in [1.165, 1.54) is 0 Å². The van der Waals surface area contributed by atoms with Crippen molar-refractivity contribution in [2.45, 2.75) is 47.0 Å². The smallest absolute Gasteiger partial charge is 0.158 e. The monoisotopic (exact) mass is 256 g/mol. The van der Waals surface area contributed by atoms with E-state index in [9.17, 15) is 14.4 Å². The second-order valence-electron chi connectivity index (χ2n) is 5.08. The molecule has 0 aromatic carbocycles. The number of Topliss-reactive ketones (excluding diaryl/α,β-unsaturated/α-hetero) is 3. The summed E-state index contributed by atoms with van der Waals surface area (Å²) in [6.45, 7) is 7.59. The van der Waals surface area contributed by atoms with Crippen molar-refractivity contribution in [1.29, 1.82) is 0 Å². The minimum atomic E-state index is -0.0824. The lowest BCUT2D eigenvalue weighted by Gasteiger charge is -2.06. The van der Waals surface area contributed by atoms with Crippen LogP contribution in [0.5, 0.6) is 0 Å². The van der Waals surface area contributed by atoms with Gasteiger partial charge in [-0.2, -0.15) is 0 Å². The second-order valence-corrected chi connectivity index (χ2v) is 5.08. The normalized spacial score (nSPS) is 11.0. The van der Waals surface area contributed by atoms with Crippen LogP contribution in [0.3, 0.4) is 0 Å². The number of carbonyl (C=O) groups is 3. The van der Waals surface area contributed by atoms with E-state index in [1.54, 1.807) is 0 Å². The topological polar surface area (TPSA) is 60.4 Å². The van der Waals surface area contributed by atoms with Gasteiger partial charge >= 0.3 is 0 Å². The van der Waals surface area contributed by atoms with E-state index in [1.807, 2.05) is 27.7 Å². The minimum absolute atomic E-state index is 0.00322. The zero-order valence-corrected chi connectivity index (χ0v) is 11.8. The van der Waals surface area contributed by atoms with E-state index in [0.29, 0.717) is 6.42 Å². The lowest BCUT2D eigenvalue weighted by molar-refractivity contribution is -0.129. The molecule has 0 aromatic rings. The molecule has 0 saturated carbocycles. The minimum Gasteiger partial charge on any atom is -0.373 e. The Morgan fingerprint density at radius 2 is 1.33 bits per heavy atom. The first-order valence-electron chi connectivity index (χ1n) is 6.49. The number of hydrogen-bond acceptors (Lipinski definition) is 4. The highest BCUT2D eigenvalue weighted by Gasteiger charge is 2.11. The van der Waals surface area contributed by atoms with Crippen molar-refractivity contribution < 1.29 is 19.1 Å². The molecule has 0 heterocycles. The molecule has 0 aliphatic rings. The van der Waals surface area contributed by atoms with Crippen LogP contribution < -0.4 is 0 Å². The van der Waals surface area contributed by atoms with Gasteiger partial charge in [0.25, 0.3) is 0 Å². The van der Waals surface area contributed by atoms with Crippen LogP contribution in [-0.2, 0) is 19.1 Å². The molecular formula is C14H24O4. The maximum atomic E-state index is 11.4. The Labute approximate surface area is 109 Å². The predicted molar refractivity (Wildman–Crippen MR) is 69.4 cm³/mol. The summed E-state index contributed by atoms with van der Waals surface area (Å²) in [4.78, 5) is 34.0. The van der Waals surface area contributed by atoms with Crippen LogP contribution in [0.2, 0.25) is 0 Å². The van der Waals surface area contributed by atoms with Gasteiger partial charge in [0.1, 0.15) is 18.2 Å². The summed E-state index contributed by atoms with van der Waals surface area (Å²) in [5.41, 5.74) is 0. The molecule has 0 rings (SSSR count). The summed E-state index contributed by atoms with van der Waals surface area (Å²) in [7, 11) is 0. The molecule has 4 heteroatoms. The first-order chi connectivity index (χ1) is 8.34. The number of ketones is 3. The Hall–Kier alpha value is -1.03. The highest BCUT2D eigenvalue weighted by Crippen LogP contribution is 2.03. The zero-order chi connectivity index (χ0) is 14.1. The van der Waals surface area contributed by atoms with Gasteiger partial charge in [0.15, 0.2) is 5.78 Å². The van der Waals surface area contributed by atoms with Crippen molar-refractivity contribution in [3.8, 4) is 0 Å². The lowest BCUT2D eigenvalue weighted by Crippen LogP contribution is -2.16. The zero-order valence-electron chi connectivity index (χ0n) is 11.8. The molecule has 104 valence electrons. The van der Waals surface area contributed by atoms with Crippen LogP contribution in [0.15, 0.2) is 0 Å². The van der Waals surface area contributed by atoms with E-state index in [0.717, 1.165) is 0 Å². The third-order valence-corrected chi connectivity index (χ3v) is 2.69. The molecule has 0 spiro atoms. The summed E-state index contributed by atoms with van der Waals surface area (Å²) in [5.74, 6) is 0.132. The van der Waals surface area contributed by atoms with Gasteiger partial charge in [-0.1, -0.05) is 27.7 Å². The van der Waals surface area contributed by atoms with Gasteiger partial charge in [0.05, 0.1) is 6.61 Å². The predicted octanol–water partition coefficient (Wildman–Crippen LogP) is 2.19. The van der Waals surface area contributed by atoms with Crippen molar-refractivity contribution in [2.75, 3.05) is 13.2 Å². The maximum Gasteiger partial charge on any atom is 0.158 e. The van der Waals surface area contributed by atoms with Gasteiger partial charge in [-0.25, -0.2) is 0 Å². The Balaban J connectivity index is 3.60. The van der Waals surface area contributed by atoms with E-state index in [2.05, 4.69) is 0 Å². The molecule has 0 aliphatic carbocycles. The average molecular weight is 256 g/mol. The molecule has 0 aromatic heterocycles. The Morgan fingerprint density at radius 3 is 1.83 bits per heavy atom. The number of hydrogen-bond donors (Lipinski definition) is 0. The number of rotatable bonds is 10. The number of carbonyl (C=O) groups excluding carboxylic acids is 3. The van der Waals surface area contributed by atoms with Gasteiger partial charge in [-0.05, 0) is 0 Å². The summed E-state index contributed by atoms with van der Waals surface area (Å²) in [6.07, 6.45) is 0.857. The highest BCUT2D eigenvalue weighted by molar-refractivity contribution is 5.87. The highest BCUT2D eigenvalue weighted by atomic mass is 16.5. The summed E-state index contributed by atoms with van der Waals surface area (Å²) in [6, 6.07) is 0. The standard InChI is InChI=1S/C14H24O4/c1-10(2)13(16)6-5-12(15)9-18-8-7-14(17)11(3)4/h10-11H,5-9H2,1-4H3. The summed E-state index contributed by atoms with van der Waals surface area (Å²) in [5, 5.41) is 0. The average Bonchev–Trinajstić information content (AvgIpc) is 2.30. The largest absolute Gasteiger partial charge is 0.373 e. The van der Waals surface area contributed by atoms with Gasteiger partial charge in [0, 0.05) is 31.1 Å². The van der Waals surface area contributed by atoms with Crippen LogP contribution in [0.25, 0.3) is 0 Å². The summed E-state index contributed by atoms with van der Waals surface area (Å²) >= 11 is 0. The second kappa shape index (κ2) is 8.97. The molecule has 4 nitrogen and oxygen atoms in total. The summed E-state index contributed by atoms with van der Waals surface area (Å²) < 4.78 is 5.13. The Bertz CT molecular complexity index is 292. The molecule has 0 bridgehead atoms. The molecule has 0 amide bonds. The molecule has 0 unspecified atom stereocenters. The Kier molecular flexibility index (Phi) is 8.46. The SMILES string of the molecule is CC(C)C(=O)CCOCC(=O)CCC(=O)C(C)C. The van der Waals surface area contributed by atoms with Gasteiger partial charge in [-0.3, -0.25) is 14.4 Å². The third-order valence-electron chi connectivity index (χ3n) is 2.69. The van der Waals surface area contributed by atoms with Crippen LogP contribution in [0.4, 0.5) is 0 Å². The van der Waals surface area contributed by atoms with E-state index in [-0.39, 0.29) is 55.2 Å². The lowest BCUT2D eigenvalue weighted by atomic mass is 10.0. The third kappa shape index (κ3) is 8.12. The van der Waals surface area contributed by atoms with Crippen molar-refractivity contribution in [3.63, 3.8) is 0 Å². The van der Waals surface area contributed by atoms with E-state index in [4.69, 9.17) is 4.74 Å². The van der Waals surface area contributed by atoms with E-state index < -0.39 is 0 Å². The van der Waals surface area contributed by atoms with Crippen LogP contribution in [0, 0.1) is 11.8 Å². The quantitative estimate of drug-likeness (QED) is 0.562. The van der Waals surface area contributed by atoms with Crippen molar-refractivity contribution >= 4 is 17.3 Å². The van der Waals surface area contributed by atoms with Crippen LogP contribution in [-0.4, -0.2) is 30.6 Å². The Morgan fingerprint density at radius 1 is 0.833 bits per heavy atom. The molecule has 0 N–H and O–H groups in total. The first-order valence-corrected chi connectivity index (χ1v) is 6.49. The molecule has 0 aliphatic heterocycles. The fourth-order valence-electron chi connectivity index (χ4n) is 1.27. The van der Waals surface area contributed by atoms with E-state index >= 15 is 0 Å². The molecule has 0 fully saturated rings. The van der Waals surface area contributed by atoms with Crippen molar-refractivity contribution in [1.82, 2.24) is 0 Å². The van der Waals surface area contributed by atoms with Crippen LogP contribution in [0.1, 0.15) is 47.0 Å². The molecule has 18 heavy (non-hydrogen) atoms. The molecular weight excluding hydrogens is 232 g/mol. The fraction of sp³-hybridized carbons (Fsp3) is 0.786. The van der Waals surface area contributed by atoms with Crippen molar-refractivity contribution in [2.24, 2.45) is 11.8 Å². The fourth-order valence-corrected chi connectivity index (χ4v) is 1.27. The van der Waals surface area contributed by atoms with Crippen LogP contribution >= 0.6 is 0 Å². The maximum absolute atomic E-state index is 11.4. The van der Waals surface area contributed by atoms with Gasteiger partial charge in [-0.15, -0.1) is 0 Å². The van der Waals surface area contributed by atoms with Gasteiger partial charge < -0.3 is 4.74 Å². The number of ether oxygens (including phenoxy) is 1.